The first-order chi connectivity index (χ1) is 9.08. The van der Waals surface area contributed by atoms with E-state index >= 15 is 0 Å². The van der Waals surface area contributed by atoms with Gasteiger partial charge in [-0.25, -0.2) is 0 Å². The van der Waals surface area contributed by atoms with Crippen molar-refractivity contribution < 1.29 is 4.79 Å². The van der Waals surface area contributed by atoms with Crippen molar-refractivity contribution in [2.45, 2.75) is 24.2 Å². The van der Waals surface area contributed by atoms with E-state index in [1.54, 1.807) is 4.90 Å². The molecule has 1 aromatic carbocycles. The molecule has 0 spiro atoms. The Balaban J connectivity index is 1.92. The highest BCUT2D eigenvalue weighted by atomic mass is 79.9. The minimum absolute atomic E-state index is 0.141. The molecule has 5 heteroatoms. The molecule has 0 aliphatic heterocycles. The van der Waals surface area contributed by atoms with Crippen LogP contribution in [-0.2, 0) is 4.79 Å². The number of nitrogens with zero attached hydrogens (tertiary/aromatic N) is 1. The van der Waals surface area contributed by atoms with E-state index in [0.29, 0.717) is 5.75 Å². The molecule has 0 radical (unpaired) electrons. The van der Waals surface area contributed by atoms with E-state index in [1.165, 1.54) is 11.8 Å². The van der Waals surface area contributed by atoms with Crippen molar-refractivity contribution in [2.75, 3.05) is 18.5 Å². The first-order valence-corrected chi connectivity index (χ1v) is 7.99. The number of rotatable bonds is 4. The molecule has 1 aromatic rings. The molecular weight excluding hydrogens is 324 g/mol. The Morgan fingerprint density at radius 2 is 2.32 bits per heavy atom. The summed E-state index contributed by atoms with van der Waals surface area (Å²) in [5.74, 6) is 0.581. The summed E-state index contributed by atoms with van der Waals surface area (Å²) >= 11 is 4.99. The van der Waals surface area contributed by atoms with Crippen molar-refractivity contribution in [1.29, 1.82) is 0 Å². The third-order valence-corrected chi connectivity index (χ3v) is 5.11. The predicted octanol–water partition coefficient (Wildman–Crippen LogP) is 3.65. The Hall–Kier alpha value is -0.940. The van der Waals surface area contributed by atoms with Crippen molar-refractivity contribution >= 4 is 39.3 Å². The molecule has 1 aliphatic rings. The van der Waals surface area contributed by atoms with Crippen LogP contribution >= 0.6 is 27.7 Å². The van der Waals surface area contributed by atoms with Crippen LogP contribution in [0.5, 0.6) is 0 Å². The minimum atomic E-state index is 0.141. The van der Waals surface area contributed by atoms with Gasteiger partial charge in [0.2, 0.25) is 5.91 Å². The summed E-state index contributed by atoms with van der Waals surface area (Å²) in [4.78, 5) is 14.9. The maximum atomic E-state index is 12.1. The zero-order chi connectivity index (χ0) is 13.8. The Bertz CT molecular complexity index is 516. The zero-order valence-electron chi connectivity index (χ0n) is 10.9. The summed E-state index contributed by atoms with van der Waals surface area (Å²) < 4.78 is 0.938. The molecule has 0 aromatic heterocycles. The van der Waals surface area contributed by atoms with Gasteiger partial charge in [0.15, 0.2) is 0 Å². The molecular formula is C14H17BrN2OS. The third kappa shape index (κ3) is 3.76. The van der Waals surface area contributed by atoms with Gasteiger partial charge < -0.3 is 10.6 Å². The maximum absolute atomic E-state index is 12.1. The number of anilines is 1. The van der Waals surface area contributed by atoms with Gasteiger partial charge in [-0.15, -0.1) is 11.8 Å². The number of hydrogen-bond acceptors (Lipinski definition) is 3. The molecule has 0 fully saturated rings. The second kappa shape index (κ2) is 6.48. The topological polar surface area (TPSA) is 46.3 Å². The summed E-state index contributed by atoms with van der Waals surface area (Å²) in [5, 5.41) is 0. The minimum Gasteiger partial charge on any atom is -0.399 e. The number of carbonyl (C=O) groups is 1. The van der Waals surface area contributed by atoms with Crippen LogP contribution in [0.4, 0.5) is 5.69 Å². The summed E-state index contributed by atoms with van der Waals surface area (Å²) in [7, 11) is 1.86. The fraction of sp³-hybridized carbons (Fsp3) is 0.357. The highest BCUT2D eigenvalue weighted by molar-refractivity contribution is 9.10. The number of thioether (sulfide) groups is 1. The van der Waals surface area contributed by atoms with Crippen LogP contribution in [-0.4, -0.2) is 23.6 Å². The Morgan fingerprint density at radius 3 is 2.95 bits per heavy atom. The SMILES string of the molecule is CN(C(=O)CSc1ccc(N)cc1Br)C1=CCCC1. The van der Waals surface area contributed by atoms with Gasteiger partial charge in [-0.3, -0.25) is 4.79 Å². The Kier molecular flexibility index (Phi) is 4.93. The molecule has 2 N–H and O–H groups in total. The largest absolute Gasteiger partial charge is 0.399 e. The molecule has 0 atom stereocenters. The molecule has 1 amide bonds. The fourth-order valence-corrected chi connectivity index (χ4v) is 3.56. The van der Waals surface area contributed by atoms with Crippen LogP contribution < -0.4 is 5.73 Å². The standard InChI is InChI=1S/C14H17BrN2OS/c1-17(11-4-2-3-5-11)14(18)9-19-13-7-6-10(16)8-12(13)15/h4,6-8H,2-3,5,9,16H2,1H3. The number of benzene rings is 1. The van der Waals surface area contributed by atoms with Crippen LogP contribution in [0, 0.1) is 0 Å². The lowest BCUT2D eigenvalue weighted by molar-refractivity contribution is -0.125. The molecule has 1 aliphatic carbocycles. The number of allylic oxidation sites excluding steroid dienone is 2. The third-order valence-electron chi connectivity index (χ3n) is 3.13. The van der Waals surface area contributed by atoms with Gasteiger partial charge in [0, 0.05) is 27.8 Å². The van der Waals surface area contributed by atoms with E-state index in [9.17, 15) is 4.79 Å². The lowest BCUT2D eigenvalue weighted by atomic mass is 10.3. The highest BCUT2D eigenvalue weighted by Crippen LogP contribution is 2.30. The van der Waals surface area contributed by atoms with Crippen molar-refractivity contribution in [3.63, 3.8) is 0 Å². The van der Waals surface area contributed by atoms with E-state index in [2.05, 4.69) is 22.0 Å². The Morgan fingerprint density at radius 1 is 1.53 bits per heavy atom. The Labute approximate surface area is 126 Å². The normalized spacial score (nSPS) is 14.3. The molecule has 19 heavy (non-hydrogen) atoms. The number of carbonyl (C=O) groups excluding carboxylic acids is 1. The first-order valence-electron chi connectivity index (χ1n) is 6.21. The highest BCUT2D eigenvalue weighted by Gasteiger charge is 2.16. The quantitative estimate of drug-likeness (QED) is 0.672. The summed E-state index contributed by atoms with van der Waals surface area (Å²) in [5.41, 5.74) is 7.57. The van der Waals surface area contributed by atoms with Gasteiger partial charge in [-0.05, 0) is 53.4 Å². The van der Waals surface area contributed by atoms with Gasteiger partial charge >= 0.3 is 0 Å². The number of amides is 1. The van der Waals surface area contributed by atoms with Crippen LogP contribution in [0.1, 0.15) is 19.3 Å². The van der Waals surface area contributed by atoms with E-state index in [-0.39, 0.29) is 5.91 Å². The lowest BCUT2D eigenvalue weighted by Crippen LogP contribution is -2.26. The van der Waals surface area contributed by atoms with Crippen molar-refractivity contribution in [3.8, 4) is 0 Å². The zero-order valence-corrected chi connectivity index (χ0v) is 13.3. The second-order valence-corrected chi connectivity index (χ2v) is 6.39. The molecule has 0 saturated carbocycles. The van der Waals surface area contributed by atoms with Crippen LogP contribution in [0.2, 0.25) is 0 Å². The molecule has 3 nitrogen and oxygen atoms in total. The van der Waals surface area contributed by atoms with E-state index in [1.807, 2.05) is 25.2 Å². The molecule has 0 heterocycles. The van der Waals surface area contributed by atoms with Gasteiger partial charge in [-0.2, -0.15) is 0 Å². The maximum Gasteiger partial charge on any atom is 0.236 e. The lowest BCUT2D eigenvalue weighted by Gasteiger charge is -2.18. The summed E-state index contributed by atoms with van der Waals surface area (Å²) in [6.07, 6.45) is 5.41. The van der Waals surface area contributed by atoms with E-state index in [0.717, 1.165) is 40.0 Å². The van der Waals surface area contributed by atoms with Crippen LogP contribution in [0.3, 0.4) is 0 Å². The van der Waals surface area contributed by atoms with Gasteiger partial charge in [0.25, 0.3) is 0 Å². The monoisotopic (exact) mass is 340 g/mol. The van der Waals surface area contributed by atoms with Crippen LogP contribution in [0.15, 0.2) is 39.3 Å². The average Bonchev–Trinajstić information content (AvgIpc) is 2.90. The summed E-state index contributed by atoms with van der Waals surface area (Å²) in [6.45, 7) is 0. The van der Waals surface area contributed by atoms with Gasteiger partial charge in [0.1, 0.15) is 0 Å². The van der Waals surface area contributed by atoms with Gasteiger partial charge in [0.05, 0.1) is 5.75 Å². The summed E-state index contributed by atoms with van der Waals surface area (Å²) in [6, 6.07) is 5.64. The molecule has 0 saturated heterocycles. The molecule has 102 valence electrons. The molecule has 2 rings (SSSR count). The van der Waals surface area contributed by atoms with Crippen molar-refractivity contribution in [3.05, 3.63) is 34.4 Å². The number of hydrogen-bond donors (Lipinski definition) is 1. The van der Waals surface area contributed by atoms with Gasteiger partial charge in [-0.1, -0.05) is 6.08 Å². The predicted molar refractivity (Wildman–Crippen MR) is 84.0 cm³/mol. The smallest absolute Gasteiger partial charge is 0.236 e. The van der Waals surface area contributed by atoms with Crippen molar-refractivity contribution in [1.82, 2.24) is 4.90 Å². The molecule has 0 bridgehead atoms. The number of nitrogen functional groups attached to an aromatic ring is 1. The fourth-order valence-electron chi connectivity index (χ4n) is 1.99. The molecule has 0 unspecified atom stereocenters. The second-order valence-electron chi connectivity index (χ2n) is 4.52. The van der Waals surface area contributed by atoms with E-state index < -0.39 is 0 Å². The van der Waals surface area contributed by atoms with E-state index in [4.69, 9.17) is 5.73 Å². The number of halogens is 1. The van der Waals surface area contributed by atoms with Crippen LogP contribution in [0.25, 0.3) is 0 Å². The van der Waals surface area contributed by atoms with Crippen molar-refractivity contribution in [2.24, 2.45) is 0 Å². The number of nitrogens with two attached hydrogens (primary N) is 1. The average molecular weight is 341 g/mol. The first kappa shape index (κ1) is 14.5.